The van der Waals surface area contributed by atoms with E-state index < -0.39 is 0 Å². The summed E-state index contributed by atoms with van der Waals surface area (Å²) in [5.74, 6) is 0. The molecule has 0 aromatic heterocycles. The molecule has 0 heterocycles. The van der Waals surface area contributed by atoms with Gasteiger partial charge in [0.1, 0.15) is 0 Å². The monoisotopic (exact) mass is 346 g/mol. The fourth-order valence-electron chi connectivity index (χ4n) is 4.63. The highest BCUT2D eigenvalue weighted by molar-refractivity contribution is 5.87. The summed E-state index contributed by atoms with van der Waals surface area (Å²) < 4.78 is 0. The molecular formula is C27H22. The first-order chi connectivity index (χ1) is 13.3. The number of hydrogen-bond donors (Lipinski definition) is 0. The minimum atomic E-state index is -0.0319. The molecule has 0 radical (unpaired) electrons. The van der Waals surface area contributed by atoms with Crippen LogP contribution >= 0.6 is 0 Å². The van der Waals surface area contributed by atoms with Crippen molar-refractivity contribution in [3.05, 3.63) is 130 Å². The van der Waals surface area contributed by atoms with E-state index in [-0.39, 0.29) is 5.41 Å². The zero-order valence-electron chi connectivity index (χ0n) is 15.3. The highest BCUT2D eigenvalue weighted by atomic mass is 14.4. The number of rotatable bonds is 4. The van der Waals surface area contributed by atoms with Crippen LogP contribution in [0.2, 0.25) is 0 Å². The molecule has 0 fully saturated rings. The molecule has 0 N–H and O–H groups in total. The lowest BCUT2D eigenvalue weighted by atomic mass is 9.67. The Morgan fingerprint density at radius 1 is 0.630 bits per heavy atom. The van der Waals surface area contributed by atoms with Crippen molar-refractivity contribution in [3.63, 3.8) is 0 Å². The lowest BCUT2D eigenvalue weighted by molar-refractivity contribution is 0.501. The molecule has 0 saturated heterocycles. The summed E-state index contributed by atoms with van der Waals surface area (Å²) in [4.78, 5) is 0. The molecule has 2 aliphatic carbocycles. The summed E-state index contributed by atoms with van der Waals surface area (Å²) in [7, 11) is 0. The van der Waals surface area contributed by atoms with Crippen LogP contribution in [-0.4, -0.2) is 0 Å². The Hall–Kier alpha value is -3.12. The van der Waals surface area contributed by atoms with Crippen LogP contribution in [0.4, 0.5) is 0 Å². The molecule has 0 aliphatic heterocycles. The van der Waals surface area contributed by atoms with Crippen LogP contribution in [0, 0.1) is 5.41 Å². The van der Waals surface area contributed by atoms with E-state index in [2.05, 4.69) is 109 Å². The highest BCUT2D eigenvalue weighted by Gasteiger charge is 2.37. The van der Waals surface area contributed by atoms with E-state index in [9.17, 15) is 0 Å². The zero-order chi connectivity index (χ0) is 18.1. The molecule has 27 heavy (non-hydrogen) atoms. The molecule has 130 valence electrons. The first kappa shape index (κ1) is 16.1. The van der Waals surface area contributed by atoms with Crippen molar-refractivity contribution in [2.75, 3.05) is 0 Å². The van der Waals surface area contributed by atoms with Gasteiger partial charge in [0.05, 0.1) is 0 Å². The van der Waals surface area contributed by atoms with E-state index in [1.165, 1.54) is 32.7 Å². The number of hydrogen-bond acceptors (Lipinski definition) is 0. The van der Waals surface area contributed by atoms with Gasteiger partial charge in [0.15, 0.2) is 0 Å². The molecule has 3 aromatic rings. The third-order valence-corrected chi connectivity index (χ3v) is 5.74. The topological polar surface area (TPSA) is 0 Å². The van der Waals surface area contributed by atoms with Crippen molar-refractivity contribution in [1.82, 2.24) is 0 Å². The summed E-state index contributed by atoms with van der Waals surface area (Å²) >= 11 is 0. The van der Waals surface area contributed by atoms with Crippen LogP contribution < -0.4 is 10.4 Å². The third kappa shape index (κ3) is 2.88. The van der Waals surface area contributed by atoms with E-state index in [1.807, 2.05) is 0 Å². The molecule has 0 saturated carbocycles. The second kappa shape index (κ2) is 6.55. The van der Waals surface area contributed by atoms with Gasteiger partial charge in [-0.2, -0.15) is 0 Å². The van der Waals surface area contributed by atoms with Crippen molar-refractivity contribution in [2.24, 2.45) is 5.41 Å². The van der Waals surface area contributed by atoms with Crippen LogP contribution in [0.5, 0.6) is 0 Å². The van der Waals surface area contributed by atoms with E-state index in [4.69, 9.17) is 0 Å². The van der Waals surface area contributed by atoms with Crippen LogP contribution in [0.1, 0.15) is 11.1 Å². The van der Waals surface area contributed by atoms with E-state index in [1.54, 1.807) is 0 Å². The predicted molar refractivity (Wildman–Crippen MR) is 114 cm³/mol. The SMILES string of the molecule is C1=CC(Cc2ccccc2)(Cc2ccccc2)C2=c3ccccc3=CC2=C1. The van der Waals surface area contributed by atoms with Crippen molar-refractivity contribution >= 4 is 11.6 Å². The Bertz CT molecular complexity index is 1100. The average Bonchev–Trinajstić information content (AvgIpc) is 3.10. The van der Waals surface area contributed by atoms with Gasteiger partial charge in [-0.15, -0.1) is 0 Å². The van der Waals surface area contributed by atoms with Crippen LogP contribution in [-0.2, 0) is 12.8 Å². The van der Waals surface area contributed by atoms with Gasteiger partial charge in [0.25, 0.3) is 0 Å². The fourth-order valence-corrected chi connectivity index (χ4v) is 4.63. The molecule has 0 nitrogen and oxygen atoms in total. The maximum atomic E-state index is 2.43. The summed E-state index contributed by atoms with van der Waals surface area (Å²) in [6.07, 6.45) is 11.3. The van der Waals surface area contributed by atoms with Crippen molar-refractivity contribution < 1.29 is 0 Å². The van der Waals surface area contributed by atoms with Gasteiger partial charge in [-0.1, -0.05) is 103 Å². The second-order valence-corrected chi connectivity index (χ2v) is 7.57. The standard InChI is InChI=1S/C27H22/c1-3-10-21(11-4-1)19-27(20-22-12-5-2-6-13-22)17-9-15-24-18-23-14-7-8-16-25(23)26(24)27/h1-18H,19-20H2. The Morgan fingerprint density at radius 3 is 1.89 bits per heavy atom. The Kier molecular flexibility index (Phi) is 3.90. The van der Waals surface area contributed by atoms with Gasteiger partial charge < -0.3 is 0 Å². The number of fused-ring (bicyclic) bond motifs is 2. The van der Waals surface area contributed by atoms with Crippen molar-refractivity contribution in [2.45, 2.75) is 12.8 Å². The molecule has 0 unspecified atom stereocenters. The predicted octanol–water partition coefficient (Wildman–Crippen LogP) is 4.60. The molecule has 0 bridgehead atoms. The lowest BCUT2D eigenvalue weighted by Crippen LogP contribution is -2.34. The van der Waals surface area contributed by atoms with E-state index >= 15 is 0 Å². The van der Waals surface area contributed by atoms with Crippen molar-refractivity contribution in [3.8, 4) is 0 Å². The summed E-state index contributed by atoms with van der Waals surface area (Å²) in [6, 6.07) is 30.6. The summed E-state index contributed by atoms with van der Waals surface area (Å²) in [6.45, 7) is 0. The van der Waals surface area contributed by atoms with Gasteiger partial charge in [-0.05, 0) is 51.6 Å². The molecule has 0 heteroatoms. The zero-order valence-corrected chi connectivity index (χ0v) is 15.3. The normalized spacial score (nSPS) is 16.3. The van der Waals surface area contributed by atoms with Gasteiger partial charge in [-0.3, -0.25) is 0 Å². The smallest absolute Gasteiger partial charge is 0.0228 e. The van der Waals surface area contributed by atoms with Crippen LogP contribution in [0.15, 0.2) is 109 Å². The van der Waals surface area contributed by atoms with Crippen LogP contribution in [0.25, 0.3) is 11.6 Å². The van der Waals surface area contributed by atoms with Gasteiger partial charge in [-0.25, -0.2) is 0 Å². The van der Waals surface area contributed by atoms with E-state index in [0.29, 0.717) is 0 Å². The maximum absolute atomic E-state index is 2.43. The minimum Gasteiger partial charge on any atom is -0.0732 e. The molecule has 5 rings (SSSR count). The molecular weight excluding hydrogens is 324 g/mol. The molecule has 0 atom stereocenters. The van der Waals surface area contributed by atoms with Crippen molar-refractivity contribution in [1.29, 1.82) is 0 Å². The largest absolute Gasteiger partial charge is 0.0732 e. The molecule has 0 amide bonds. The highest BCUT2D eigenvalue weighted by Crippen LogP contribution is 2.44. The number of benzene rings is 3. The first-order valence-corrected chi connectivity index (χ1v) is 9.63. The average molecular weight is 346 g/mol. The van der Waals surface area contributed by atoms with Crippen LogP contribution in [0.3, 0.4) is 0 Å². The van der Waals surface area contributed by atoms with Gasteiger partial charge in [0, 0.05) is 5.41 Å². The molecule has 2 aliphatic rings. The second-order valence-electron chi connectivity index (χ2n) is 7.57. The maximum Gasteiger partial charge on any atom is 0.0228 e. The van der Waals surface area contributed by atoms with Gasteiger partial charge >= 0.3 is 0 Å². The quantitative estimate of drug-likeness (QED) is 0.648. The lowest BCUT2D eigenvalue weighted by Gasteiger charge is -2.36. The summed E-state index contributed by atoms with van der Waals surface area (Å²) in [5, 5.41) is 2.73. The first-order valence-electron chi connectivity index (χ1n) is 9.63. The summed E-state index contributed by atoms with van der Waals surface area (Å²) in [5.41, 5.74) is 5.59. The third-order valence-electron chi connectivity index (χ3n) is 5.74. The molecule has 3 aromatic carbocycles. The van der Waals surface area contributed by atoms with Gasteiger partial charge in [0.2, 0.25) is 0 Å². The van der Waals surface area contributed by atoms with E-state index in [0.717, 1.165) is 12.8 Å². The minimum absolute atomic E-state index is 0.0319. The Labute approximate surface area is 160 Å². The Balaban J connectivity index is 1.72. The molecule has 0 spiro atoms. The Morgan fingerprint density at radius 2 is 1.22 bits per heavy atom. The number of allylic oxidation sites excluding steroid dienone is 4. The fraction of sp³-hybridized carbons (Fsp3) is 0.111.